The molecule has 222 valence electrons. The van der Waals surface area contributed by atoms with Gasteiger partial charge in [0.25, 0.3) is 0 Å². The van der Waals surface area contributed by atoms with Gasteiger partial charge in [0.1, 0.15) is 29.6 Å². The van der Waals surface area contributed by atoms with Crippen molar-refractivity contribution in [1.29, 1.82) is 0 Å². The van der Waals surface area contributed by atoms with E-state index >= 15 is 0 Å². The molecule has 14 nitrogen and oxygen atoms in total. The Balaban J connectivity index is 2.20. The van der Waals surface area contributed by atoms with Crippen molar-refractivity contribution in [3.63, 3.8) is 0 Å². The summed E-state index contributed by atoms with van der Waals surface area (Å²) in [6.07, 6.45) is -2.11. The van der Waals surface area contributed by atoms with Crippen LogP contribution in [0.2, 0.25) is 0 Å². The maximum Gasteiger partial charge on any atom is 0.326 e. The van der Waals surface area contributed by atoms with Gasteiger partial charge in [0, 0.05) is 12.8 Å². The third kappa shape index (κ3) is 10.8. The number of nitrogens with one attached hydrogen (secondary N) is 3. The van der Waals surface area contributed by atoms with Crippen LogP contribution >= 0.6 is 0 Å². The van der Waals surface area contributed by atoms with E-state index in [-0.39, 0.29) is 37.2 Å². The monoisotopic (exact) mass is 573 g/mol. The molecule has 0 aliphatic carbocycles. The molecule has 0 saturated heterocycles. The molecule has 0 heterocycles. The van der Waals surface area contributed by atoms with Crippen molar-refractivity contribution in [1.82, 2.24) is 16.0 Å². The van der Waals surface area contributed by atoms with E-state index in [1.165, 1.54) is 43.3 Å². The summed E-state index contributed by atoms with van der Waals surface area (Å²) < 4.78 is 0. The fourth-order valence-electron chi connectivity index (χ4n) is 3.80. The Morgan fingerprint density at radius 3 is 1.71 bits per heavy atom. The molecule has 0 radical (unpaired) electrons. The number of primary amides is 1. The van der Waals surface area contributed by atoms with Crippen molar-refractivity contribution >= 4 is 29.6 Å². The normalized spacial score (nSPS) is 14.5. The number of aliphatic hydroxyl groups excluding tert-OH is 1. The van der Waals surface area contributed by atoms with Gasteiger partial charge in [-0.2, -0.15) is 0 Å². The van der Waals surface area contributed by atoms with Gasteiger partial charge in [0.05, 0.1) is 12.1 Å². The average molecular weight is 574 g/mol. The average Bonchev–Trinajstić information content (AvgIpc) is 2.90. The second-order valence-corrected chi connectivity index (χ2v) is 9.54. The lowest BCUT2D eigenvalue weighted by molar-refractivity contribution is -0.142. The van der Waals surface area contributed by atoms with E-state index in [0.717, 1.165) is 0 Å². The predicted molar refractivity (Wildman–Crippen MR) is 145 cm³/mol. The van der Waals surface area contributed by atoms with E-state index in [0.29, 0.717) is 11.1 Å². The minimum atomic E-state index is -1.53. The van der Waals surface area contributed by atoms with Crippen molar-refractivity contribution in [3.8, 4) is 11.5 Å². The number of nitrogens with two attached hydrogens (primary N) is 2. The van der Waals surface area contributed by atoms with Crippen LogP contribution in [0.3, 0.4) is 0 Å². The van der Waals surface area contributed by atoms with Gasteiger partial charge in [-0.25, -0.2) is 4.79 Å². The first-order valence-corrected chi connectivity index (χ1v) is 12.7. The molecule has 0 saturated carbocycles. The number of amides is 4. The fourth-order valence-corrected chi connectivity index (χ4v) is 3.80. The number of carboxylic acid groups (broad SMARTS) is 1. The van der Waals surface area contributed by atoms with Crippen molar-refractivity contribution in [3.05, 3.63) is 59.7 Å². The Morgan fingerprint density at radius 1 is 0.756 bits per heavy atom. The Bertz CT molecular complexity index is 1220. The number of rotatable bonds is 15. The minimum absolute atomic E-state index is 0.0334. The molecule has 5 atom stereocenters. The highest BCUT2D eigenvalue weighted by molar-refractivity contribution is 5.94. The number of carboxylic acids is 1. The fraction of sp³-hybridized carbons (Fsp3) is 0.370. The molecular formula is C27H35N5O9. The lowest BCUT2D eigenvalue weighted by Crippen LogP contribution is -2.60. The van der Waals surface area contributed by atoms with Crippen molar-refractivity contribution < 1.29 is 44.4 Å². The van der Waals surface area contributed by atoms with E-state index in [4.69, 9.17) is 11.5 Å². The summed E-state index contributed by atoms with van der Waals surface area (Å²) >= 11 is 0. The van der Waals surface area contributed by atoms with Crippen LogP contribution in [0.4, 0.5) is 0 Å². The van der Waals surface area contributed by atoms with Gasteiger partial charge in [-0.3, -0.25) is 19.2 Å². The number of aliphatic carboxylic acids is 1. The van der Waals surface area contributed by atoms with Crippen molar-refractivity contribution in [2.24, 2.45) is 11.5 Å². The summed E-state index contributed by atoms with van der Waals surface area (Å²) in [5.74, 6) is -4.83. The summed E-state index contributed by atoms with van der Waals surface area (Å²) in [7, 11) is 0. The zero-order valence-corrected chi connectivity index (χ0v) is 22.3. The molecule has 11 N–H and O–H groups in total. The molecule has 41 heavy (non-hydrogen) atoms. The standard InChI is InChI=1S/C27H35N5O9/c1-14(33)23(32-24(37)19(28)12-15-2-6-17(34)7-3-15)26(39)31-21(13-16-4-8-18(35)9-5-16)25(38)30-20(27(40)41)10-11-22(29)36/h2-9,14,19-21,23,33-35H,10-13,28H2,1H3,(H2,29,36)(H,30,38)(H,31,39)(H,32,37)(H,40,41). The summed E-state index contributed by atoms with van der Waals surface area (Å²) in [4.78, 5) is 61.8. The summed E-state index contributed by atoms with van der Waals surface area (Å²) in [6, 6.07) is 6.15. The summed E-state index contributed by atoms with van der Waals surface area (Å²) in [5, 5.41) is 45.8. The minimum Gasteiger partial charge on any atom is -0.508 e. The Morgan fingerprint density at radius 2 is 1.24 bits per heavy atom. The van der Waals surface area contributed by atoms with Gasteiger partial charge in [-0.05, 0) is 55.2 Å². The molecule has 0 fully saturated rings. The molecular weight excluding hydrogens is 538 g/mol. The molecule has 2 rings (SSSR count). The zero-order chi connectivity index (χ0) is 30.7. The van der Waals surface area contributed by atoms with Crippen LogP contribution in [0, 0.1) is 0 Å². The molecule has 4 amide bonds. The Labute approximate surface area is 235 Å². The number of carbonyl (C=O) groups excluding carboxylic acids is 4. The van der Waals surface area contributed by atoms with Crippen LogP contribution < -0.4 is 27.4 Å². The number of phenolic OH excluding ortho intramolecular Hbond substituents is 2. The van der Waals surface area contributed by atoms with E-state index in [1.807, 2.05) is 0 Å². The number of carbonyl (C=O) groups is 5. The Hall–Kier alpha value is -4.69. The first-order chi connectivity index (χ1) is 19.3. The number of aromatic hydroxyl groups is 2. The van der Waals surface area contributed by atoms with Gasteiger partial charge in [0.2, 0.25) is 23.6 Å². The Kier molecular flexibility index (Phi) is 12.0. The largest absolute Gasteiger partial charge is 0.508 e. The summed E-state index contributed by atoms with van der Waals surface area (Å²) in [5.41, 5.74) is 12.2. The zero-order valence-electron chi connectivity index (χ0n) is 22.3. The van der Waals surface area contributed by atoms with Gasteiger partial charge in [-0.15, -0.1) is 0 Å². The number of phenols is 2. The topological polar surface area (TPSA) is 254 Å². The van der Waals surface area contributed by atoms with Crippen LogP contribution in [0.15, 0.2) is 48.5 Å². The van der Waals surface area contributed by atoms with Crippen LogP contribution in [0.25, 0.3) is 0 Å². The highest BCUT2D eigenvalue weighted by Gasteiger charge is 2.32. The molecule has 5 unspecified atom stereocenters. The molecule has 0 aliphatic rings. The first kappa shape index (κ1) is 32.5. The number of benzene rings is 2. The smallest absolute Gasteiger partial charge is 0.326 e. The second kappa shape index (κ2) is 15.2. The van der Waals surface area contributed by atoms with Crippen molar-refractivity contribution in [2.45, 2.75) is 62.9 Å². The first-order valence-electron chi connectivity index (χ1n) is 12.7. The molecule has 0 aromatic heterocycles. The predicted octanol–water partition coefficient (Wildman–Crippen LogP) is -1.60. The van der Waals surface area contributed by atoms with Crippen LogP contribution in [-0.2, 0) is 36.8 Å². The molecule has 0 bridgehead atoms. The van der Waals surface area contributed by atoms with Crippen molar-refractivity contribution in [2.75, 3.05) is 0 Å². The van der Waals surface area contributed by atoms with Crippen LogP contribution in [0.5, 0.6) is 11.5 Å². The van der Waals surface area contributed by atoms with Gasteiger partial charge in [0.15, 0.2) is 0 Å². The lowest BCUT2D eigenvalue weighted by atomic mass is 10.0. The van der Waals surface area contributed by atoms with Gasteiger partial charge < -0.3 is 47.8 Å². The second-order valence-electron chi connectivity index (χ2n) is 9.54. The maximum atomic E-state index is 13.2. The highest BCUT2D eigenvalue weighted by Crippen LogP contribution is 2.13. The summed E-state index contributed by atoms with van der Waals surface area (Å²) in [6.45, 7) is 1.25. The van der Waals surface area contributed by atoms with E-state index in [1.54, 1.807) is 12.1 Å². The molecule has 0 spiro atoms. The highest BCUT2D eigenvalue weighted by atomic mass is 16.4. The van der Waals surface area contributed by atoms with Crippen LogP contribution in [-0.4, -0.2) is 80.3 Å². The molecule has 0 aliphatic heterocycles. The molecule has 2 aromatic carbocycles. The van der Waals surface area contributed by atoms with Crippen LogP contribution in [0.1, 0.15) is 30.9 Å². The van der Waals surface area contributed by atoms with Gasteiger partial charge >= 0.3 is 5.97 Å². The number of hydrogen-bond acceptors (Lipinski definition) is 9. The quantitative estimate of drug-likeness (QED) is 0.118. The number of aliphatic hydroxyl groups is 1. The molecule has 14 heteroatoms. The third-order valence-electron chi connectivity index (χ3n) is 6.09. The molecule has 2 aromatic rings. The maximum absolute atomic E-state index is 13.2. The third-order valence-corrected chi connectivity index (χ3v) is 6.09. The van der Waals surface area contributed by atoms with E-state index < -0.39 is 59.9 Å². The van der Waals surface area contributed by atoms with E-state index in [9.17, 15) is 44.4 Å². The lowest BCUT2D eigenvalue weighted by Gasteiger charge is -2.26. The number of hydrogen-bond donors (Lipinski definition) is 9. The SMILES string of the molecule is CC(O)C(NC(=O)C(N)Cc1ccc(O)cc1)C(=O)NC(Cc1ccc(O)cc1)C(=O)NC(CCC(N)=O)C(=O)O. The van der Waals surface area contributed by atoms with Gasteiger partial charge in [-0.1, -0.05) is 24.3 Å². The van der Waals surface area contributed by atoms with E-state index in [2.05, 4.69) is 16.0 Å².